The van der Waals surface area contributed by atoms with Crippen molar-refractivity contribution in [1.82, 2.24) is 15.4 Å². The summed E-state index contributed by atoms with van der Waals surface area (Å²) in [4.78, 5) is 55.0. The molecule has 13 nitrogen and oxygen atoms in total. The molecule has 2 aromatic carbocycles. The number of nitrogens with one attached hydrogen (secondary N) is 3. The number of nitrogens with zero attached hydrogens (tertiary/aromatic N) is 3. The number of methoxy groups -OCH3 is 2. The number of carbonyl (C=O) groups excluding carboxylic acids is 3. The predicted molar refractivity (Wildman–Crippen MR) is 124 cm³/mol. The van der Waals surface area contributed by atoms with Gasteiger partial charge in [0.25, 0.3) is 5.91 Å². The van der Waals surface area contributed by atoms with Gasteiger partial charge in [0.2, 0.25) is 11.6 Å². The molecular weight excluding hydrogens is 484 g/mol. The smallest absolute Gasteiger partial charge is 0.355 e. The number of carbonyl (C=O) groups is 3. The van der Waals surface area contributed by atoms with Crippen molar-refractivity contribution in [3.8, 4) is 0 Å². The van der Waals surface area contributed by atoms with Crippen LogP contribution in [0, 0.1) is 10.1 Å². The van der Waals surface area contributed by atoms with Crippen LogP contribution in [0.1, 0.15) is 31.1 Å². The minimum absolute atomic E-state index is 0.0109. The number of halogens is 1. The number of benzene rings is 2. The van der Waals surface area contributed by atoms with Gasteiger partial charge in [0.15, 0.2) is 0 Å². The number of ether oxygens (including phenoxy) is 2. The maximum atomic E-state index is 12.3. The van der Waals surface area contributed by atoms with Gasteiger partial charge in [-0.25, -0.2) is 19.6 Å². The van der Waals surface area contributed by atoms with Crippen molar-refractivity contribution in [2.24, 2.45) is 0 Å². The Balaban J connectivity index is 1.92. The number of hydrogen-bond acceptors (Lipinski definition) is 11. The fraction of sp³-hybridized carbons (Fsp3) is 0.0952. The van der Waals surface area contributed by atoms with Gasteiger partial charge in [-0.15, -0.1) is 0 Å². The molecule has 0 unspecified atom stereocenters. The summed E-state index contributed by atoms with van der Waals surface area (Å²) >= 11 is 5.80. The molecule has 0 aliphatic rings. The molecule has 0 radical (unpaired) electrons. The third-order valence-corrected chi connectivity index (χ3v) is 4.70. The van der Waals surface area contributed by atoms with Gasteiger partial charge in [-0.2, -0.15) is 0 Å². The molecular formula is C21H17ClN6O7. The Morgan fingerprint density at radius 3 is 2.03 bits per heavy atom. The second-order valence-electron chi connectivity index (χ2n) is 6.67. The average Bonchev–Trinajstić information content (AvgIpc) is 2.86. The first-order chi connectivity index (χ1) is 16.7. The zero-order chi connectivity index (χ0) is 25.5. The Labute approximate surface area is 202 Å². The van der Waals surface area contributed by atoms with Crippen LogP contribution >= 0.6 is 11.6 Å². The Morgan fingerprint density at radius 2 is 1.49 bits per heavy atom. The van der Waals surface area contributed by atoms with Crippen LogP contribution in [0.5, 0.6) is 0 Å². The molecule has 3 aromatic rings. The molecule has 0 saturated carbocycles. The SMILES string of the molecule is COC(=O)c1cc(Nc2ncnc(NNC(=O)c3ccc(Cl)cc3)c2[N+](=O)[O-])cc(C(=O)OC)c1. The van der Waals surface area contributed by atoms with Crippen LogP contribution in [0.3, 0.4) is 0 Å². The second-order valence-corrected chi connectivity index (χ2v) is 7.11. The van der Waals surface area contributed by atoms with E-state index in [0.29, 0.717) is 5.02 Å². The fourth-order valence-corrected chi connectivity index (χ4v) is 2.96. The molecule has 3 N–H and O–H groups in total. The Bertz CT molecular complexity index is 1270. The van der Waals surface area contributed by atoms with E-state index in [0.717, 1.165) is 20.5 Å². The third-order valence-electron chi connectivity index (χ3n) is 4.44. The number of esters is 2. The molecule has 180 valence electrons. The Morgan fingerprint density at radius 1 is 0.914 bits per heavy atom. The summed E-state index contributed by atoms with van der Waals surface area (Å²) in [6, 6.07) is 9.81. The second kappa shape index (κ2) is 10.9. The quantitative estimate of drug-likeness (QED) is 0.235. The molecule has 0 aliphatic carbocycles. The lowest BCUT2D eigenvalue weighted by atomic mass is 10.1. The lowest BCUT2D eigenvalue weighted by molar-refractivity contribution is -0.383. The molecule has 3 rings (SSSR count). The molecule has 35 heavy (non-hydrogen) atoms. The molecule has 0 bridgehead atoms. The maximum Gasteiger partial charge on any atom is 0.355 e. The van der Waals surface area contributed by atoms with Crippen LogP contribution < -0.4 is 16.2 Å². The van der Waals surface area contributed by atoms with E-state index in [4.69, 9.17) is 11.6 Å². The number of amides is 1. The standard InChI is InChI=1S/C21H17ClN6O7/c1-34-20(30)12-7-13(21(31)35-2)9-15(8-12)25-17-16(28(32)33)18(24-10-23-17)26-27-19(29)11-3-5-14(22)6-4-11/h3-10H,1-2H3,(H,27,29)(H2,23,24,25,26). The van der Waals surface area contributed by atoms with E-state index in [2.05, 4.69) is 35.6 Å². The van der Waals surface area contributed by atoms with Gasteiger partial charge in [0, 0.05) is 16.3 Å². The average molecular weight is 501 g/mol. The van der Waals surface area contributed by atoms with Crippen LogP contribution in [0.4, 0.5) is 23.0 Å². The zero-order valence-electron chi connectivity index (χ0n) is 18.2. The number of anilines is 3. The third kappa shape index (κ3) is 5.97. The van der Waals surface area contributed by atoms with Crippen LogP contribution in [0.15, 0.2) is 48.8 Å². The molecule has 0 fully saturated rings. The highest BCUT2D eigenvalue weighted by Gasteiger charge is 2.24. The number of nitro groups is 1. The van der Waals surface area contributed by atoms with Crippen LogP contribution in [0.25, 0.3) is 0 Å². The molecule has 0 saturated heterocycles. The zero-order valence-corrected chi connectivity index (χ0v) is 19.0. The van der Waals surface area contributed by atoms with Gasteiger partial charge in [0.05, 0.1) is 30.3 Å². The van der Waals surface area contributed by atoms with Crippen molar-refractivity contribution in [1.29, 1.82) is 0 Å². The minimum Gasteiger partial charge on any atom is -0.465 e. The van der Waals surface area contributed by atoms with Gasteiger partial charge in [-0.1, -0.05) is 11.6 Å². The predicted octanol–water partition coefficient (Wildman–Crippen LogP) is 3.11. The van der Waals surface area contributed by atoms with E-state index >= 15 is 0 Å². The highest BCUT2D eigenvalue weighted by atomic mass is 35.5. The normalized spacial score (nSPS) is 10.1. The fourth-order valence-electron chi connectivity index (χ4n) is 2.83. The van der Waals surface area contributed by atoms with Gasteiger partial charge in [-0.3, -0.25) is 25.8 Å². The van der Waals surface area contributed by atoms with E-state index in [1.54, 1.807) is 0 Å². The molecule has 1 amide bonds. The van der Waals surface area contributed by atoms with E-state index in [9.17, 15) is 24.5 Å². The van der Waals surface area contributed by atoms with Crippen molar-refractivity contribution < 1.29 is 28.8 Å². The van der Waals surface area contributed by atoms with Crippen LogP contribution in [-0.4, -0.2) is 47.0 Å². The monoisotopic (exact) mass is 500 g/mol. The Hall–Kier alpha value is -4.78. The molecule has 14 heteroatoms. The molecule has 1 heterocycles. The van der Waals surface area contributed by atoms with E-state index in [-0.39, 0.29) is 34.0 Å². The van der Waals surface area contributed by atoms with Crippen molar-refractivity contribution in [2.75, 3.05) is 25.0 Å². The summed E-state index contributed by atoms with van der Waals surface area (Å²) in [5, 5.41) is 14.9. The molecule has 1 aromatic heterocycles. The minimum atomic E-state index is -0.773. The lowest BCUT2D eigenvalue weighted by Crippen LogP contribution is -2.30. The van der Waals surface area contributed by atoms with Crippen molar-refractivity contribution >= 4 is 52.5 Å². The summed E-state index contributed by atoms with van der Waals surface area (Å²) < 4.78 is 9.36. The van der Waals surface area contributed by atoms with Crippen molar-refractivity contribution in [3.63, 3.8) is 0 Å². The molecule has 0 aliphatic heterocycles. The highest BCUT2D eigenvalue weighted by molar-refractivity contribution is 6.30. The maximum absolute atomic E-state index is 12.3. The topological polar surface area (TPSA) is 175 Å². The number of aromatic nitrogens is 2. The lowest BCUT2D eigenvalue weighted by Gasteiger charge is -2.12. The van der Waals surface area contributed by atoms with E-state index in [1.165, 1.54) is 42.5 Å². The van der Waals surface area contributed by atoms with Crippen LogP contribution in [0.2, 0.25) is 5.02 Å². The summed E-state index contributed by atoms with van der Waals surface area (Å²) in [7, 11) is 2.32. The highest BCUT2D eigenvalue weighted by Crippen LogP contribution is 2.31. The van der Waals surface area contributed by atoms with Gasteiger partial charge < -0.3 is 14.8 Å². The Kier molecular flexibility index (Phi) is 7.74. The largest absolute Gasteiger partial charge is 0.465 e. The number of hydrogen-bond donors (Lipinski definition) is 3. The van der Waals surface area contributed by atoms with Crippen molar-refractivity contribution in [2.45, 2.75) is 0 Å². The first-order valence-electron chi connectivity index (χ1n) is 9.63. The van der Waals surface area contributed by atoms with Crippen LogP contribution in [-0.2, 0) is 9.47 Å². The summed E-state index contributed by atoms with van der Waals surface area (Å²) in [5.41, 5.74) is 4.41. The summed E-state index contributed by atoms with van der Waals surface area (Å²) in [5.74, 6) is -2.71. The first kappa shape index (κ1) is 24.9. The molecule has 0 atom stereocenters. The van der Waals surface area contributed by atoms with Gasteiger partial charge in [0.1, 0.15) is 6.33 Å². The van der Waals surface area contributed by atoms with Gasteiger partial charge >= 0.3 is 17.6 Å². The van der Waals surface area contributed by atoms with E-state index in [1.807, 2.05) is 0 Å². The first-order valence-corrected chi connectivity index (χ1v) is 10.0. The van der Waals surface area contributed by atoms with Crippen molar-refractivity contribution in [3.05, 3.63) is 80.6 Å². The van der Waals surface area contributed by atoms with Gasteiger partial charge in [-0.05, 0) is 42.5 Å². The molecule has 0 spiro atoms. The summed E-state index contributed by atoms with van der Waals surface area (Å²) in [6.07, 6.45) is 1.01. The number of rotatable bonds is 8. The van der Waals surface area contributed by atoms with E-state index < -0.39 is 28.5 Å². The number of hydrazine groups is 1. The summed E-state index contributed by atoms with van der Waals surface area (Å²) in [6.45, 7) is 0.